The van der Waals surface area contributed by atoms with Gasteiger partial charge in [0, 0.05) is 50.4 Å². The Balaban J connectivity index is 1.62. The van der Waals surface area contributed by atoms with E-state index in [4.69, 9.17) is 11.6 Å². The molecule has 2 atom stereocenters. The first-order valence-corrected chi connectivity index (χ1v) is 11.0. The van der Waals surface area contributed by atoms with Crippen molar-refractivity contribution < 1.29 is 13.2 Å². The molecule has 4 heterocycles. The van der Waals surface area contributed by atoms with Crippen LogP contribution in [0.5, 0.6) is 0 Å². The number of alkyl halides is 3. The number of halogens is 4. The first kappa shape index (κ1) is 24.0. The Morgan fingerprint density at radius 2 is 1.88 bits per heavy atom. The number of anilines is 1. The van der Waals surface area contributed by atoms with E-state index < -0.39 is 11.9 Å². The maximum Gasteiger partial charge on any atom is 0.433 e. The molecule has 7 nitrogen and oxygen atoms in total. The van der Waals surface area contributed by atoms with Gasteiger partial charge in [-0.05, 0) is 32.0 Å². The molecule has 0 unspecified atom stereocenters. The summed E-state index contributed by atoms with van der Waals surface area (Å²) in [6.45, 7) is 5.48. The third-order valence-electron chi connectivity index (χ3n) is 6.20. The van der Waals surface area contributed by atoms with Crippen LogP contribution in [0.3, 0.4) is 0 Å². The molecule has 0 amide bonds. The SMILES string of the molecule is C[C@H]1CN(c2cc(=O)n(C)c3ccc(C#N)nc23)[C@@H](C)CN1Cc1ccc(C(F)(F)F)nc1Cl. The lowest BCUT2D eigenvalue weighted by molar-refractivity contribution is -0.141. The molecule has 1 fully saturated rings. The van der Waals surface area contributed by atoms with Crippen LogP contribution in [0, 0.1) is 11.3 Å². The van der Waals surface area contributed by atoms with Crippen LogP contribution < -0.4 is 10.5 Å². The summed E-state index contributed by atoms with van der Waals surface area (Å²) in [6.07, 6.45) is -4.55. The van der Waals surface area contributed by atoms with Crippen molar-refractivity contribution in [2.45, 2.75) is 38.7 Å². The molecule has 0 saturated carbocycles. The van der Waals surface area contributed by atoms with E-state index in [-0.39, 0.29) is 28.5 Å². The number of nitriles is 1. The van der Waals surface area contributed by atoms with E-state index in [1.165, 1.54) is 16.7 Å². The fourth-order valence-corrected chi connectivity index (χ4v) is 4.52. The molecule has 1 aliphatic rings. The second-order valence-corrected chi connectivity index (χ2v) is 8.88. The van der Waals surface area contributed by atoms with Crippen molar-refractivity contribution in [2.24, 2.45) is 7.05 Å². The highest BCUT2D eigenvalue weighted by Gasteiger charge is 2.34. The van der Waals surface area contributed by atoms with Crippen molar-refractivity contribution in [2.75, 3.05) is 18.0 Å². The van der Waals surface area contributed by atoms with Gasteiger partial charge in [-0.3, -0.25) is 9.69 Å². The number of aromatic nitrogens is 3. The minimum atomic E-state index is -4.55. The fourth-order valence-electron chi connectivity index (χ4n) is 4.30. The molecule has 0 radical (unpaired) electrons. The normalized spacial score (nSPS) is 19.4. The molecule has 0 spiro atoms. The zero-order chi connectivity index (χ0) is 24.8. The molecule has 0 aromatic carbocycles. The minimum Gasteiger partial charge on any atom is -0.364 e. The largest absolute Gasteiger partial charge is 0.433 e. The van der Waals surface area contributed by atoms with E-state index in [2.05, 4.69) is 19.8 Å². The Kier molecular flexibility index (Phi) is 6.27. The summed E-state index contributed by atoms with van der Waals surface area (Å²) >= 11 is 6.07. The van der Waals surface area contributed by atoms with E-state index in [0.29, 0.717) is 41.9 Å². The molecule has 0 bridgehead atoms. The first-order valence-electron chi connectivity index (χ1n) is 10.6. The van der Waals surface area contributed by atoms with Gasteiger partial charge in [-0.25, -0.2) is 9.97 Å². The van der Waals surface area contributed by atoms with E-state index >= 15 is 0 Å². The third-order valence-corrected chi connectivity index (χ3v) is 6.52. The summed E-state index contributed by atoms with van der Waals surface area (Å²) in [7, 11) is 1.66. The lowest BCUT2D eigenvalue weighted by Gasteiger charge is -2.45. The lowest BCUT2D eigenvalue weighted by atomic mass is 10.1. The summed E-state index contributed by atoms with van der Waals surface area (Å²) in [5, 5.41) is 9.13. The fraction of sp³-hybridized carbons (Fsp3) is 0.391. The Hall–Kier alpha value is -3.16. The predicted molar refractivity (Wildman–Crippen MR) is 123 cm³/mol. The molecule has 3 aromatic heterocycles. The van der Waals surface area contributed by atoms with Crippen molar-refractivity contribution in [1.82, 2.24) is 19.4 Å². The average molecular weight is 491 g/mol. The Labute approximate surface area is 199 Å². The number of rotatable bonds is 3. The van der Waals surface area contributed by atoms with Crippen molar-refractivity contribution in [3.8, 4) is 6.07 Å². The quantitative estimate of drug-likeness (QED) is 0.517. The summed E-state index contributed by atoms with van der Waals surface area (Å²) in [5.41, 5.74) is 1.43. The van der Waals surface area contributed by atoms with Crippen LogP contribution in [-0.4, -0.2) is 44.6 Å². The van der Waals surface area contributed by atoms with Gasteiger partial charge >= 0.3 is 6.18 Å². The average Bonchev–Trinajstić information content (AvgIpc) is 2.78. The Morgan fingerprint density at radius 1 is 1.15 bits per heavy atom. The van der Waals surface area contributed by atoms with Gasteiger partial charge in [-0.2, -0.15) is 18.4 Å². The molecule has 1 aliphatic heterocycles. The lowest BCUT2D eigenvalue weighted by Crippen LogP contribution is -2.56. The molecular formula is C23H22ClF3N6O. The van der Waals surface area contributed by atoms with Gasteiger partial charge in [0.25, 0.3) is 5.56 Å². The predicted octanol–water partition coefficient (Wildman–Crippen LogP) is 3.97. The molecule has 178 valence electrons. The molecule has 4 rings (SSSR count). The highest BCUT2D eigenvalue weighted by Crippen LogP contribution is 2.32. The topological polar surface area (TPSA) is 78.0 Å². The molecule has 0 N–H and O–H groups in total. The highest BCUT2D eigenvalue weighted by atomic mass is 35.5. The van der Waals surface area contributed by atoms with Crippen LogP contribution in [0.15, 0.2) is 35.1 Å². The van der Waals surface area contributed by atoms with Gasteiger partial charge in [0.15, 0.2) is 0 Å². The zero-order valence-corrected chi connectivity index (χ0v) is 19.5. The molecule has 11 heteroatoms. The zero-order valence-electron chi connectivity index (χ0n) is 18.8. The minimum absolute atomic E-state index is 0.00665. The second-order valence-electron chi connectivity index (χ2n) is 8.53. The van der Waals surface area contributed by atoms with E-state index in [1.54, 1.807) is 19.2 Å². The van der Waals surface area contributed by atoms with E-state index in [0.717, 1.165) is 6.07 Å². The maximum atomic E-state index is 12.9. The Bertz CT molecular complexity index is 1350. The molecule has 0 aliphatic carbocycles. The first-order chi connectivity index (χ1) is 16.0. The van der Waals surface area contributed by atoms with E-state index in [1.807, 2.05) is 19.9 Å². The number of hydrogen-bond acceptors (Lipinski definition) is 6. The van der Waals surface area contributed by atoms with Crippen LogP contribution in [0.2, 0.25) is 5.15 Å². The van der Waals surface area contributed by atoms with Crippen molar-refractivity contribution in [3.05, 3.63) is 62.8 Å². The van der Waals surface area contributed by atoms with Gasteiger partial charge in [-0.15, -0.1) is 0 Å². The number of aryl methyl sites for hydroxylation is 1. The molecule has 1 saturated heterocycles. The number of nitrogens with zero attached hydrogens (tertiary/aromatic N) is 6. The molecular weight excluding hydrogens is 469 g/mol. The maximum absolute atomic E-state index is 12.9. The Morgan fingerprint density at radius 3 is 2.53 bits per heavy atom. The standard InChI is InChI=1S/C23H22ClF3N6O/c1-13-11-33(18-8-20(34)31(3)17-6-5-16(9-28)29-21(17)18)14(2)10-32(13)12-15-4-7-19(23(25,26)27)30-22(15)24/h4-8,13-14H,10-12H2,1-3H3/t13-,14-/m0/s1. The highest BCUT2D eigenvalue weighted by molar-refractivity contribution is 6.30. The molecule has 3 aromatic rings. The van der Waals surface area contributed by atoms with Crippen molar-refractivity contribution in [1.29, 1.82) is 5.26 Å². The number of hydrogen-bond donors (Lipinski definition) is 0. The summed E-state index contributed by atoms with van der Waals surface area (Å²) in [6, 6.07) is 9.13. The summed E-state index contributed by atoms with van der Waals surface area (Å²) in [5.74, 6) is 0. The van der Waals surface area contributed by atoms with Crippen LogP contribution in [0.4, 0.5) is 18.9 Å². The monoisotopic (exact) mass is 490 g/mol. The van der Waals surface area contributed by atoms with Crippen LogP contribution in [0.25, 0.3) is 11.0 Å². The smallest absolute Gasteiger partial charge is 0.364 e. The second kappa shape index (κ2) is 8.89. The van der Waals surface area contributed by atoms with Gasteiger partial charge in [0.1, 0.15) is 28.1 Å². The number of piperazine rings is 1. The van der Waals surface area contributed by atoms with E-state index in [9.17, 15) is 23.2 Å². The van der Waals surface area contributed by atoms with Gasteiger partial charge in [-0.1, -0.05) is 17.7 Å². The third kappa shape index (κ3) is 4.45. The summed E-state index contributed by atoms with van der Waals surface area (Å²) < 4.78 is 40.2. The summed E-state index contributed by atoms with van der Waals surface area (Å²) in [4.78, 5) is 24.8. The van der Waals surface area contributed by atoms with Crippen LogP contribution in [0.1, 0.15) is 30.8 Å². The van der Waals surface area contributed by atoms with Gasteiger partial charge < -0.3 is 9.47 Å². The van der Waals surface area contributed by atoms with Gasteiger partial charge in [0.2, 0.25) is 0 Å². The van der Waals surface area contributed by atoms with Gasteiger partial charge in [0.05, 0.1) is 11.2 Å². The number of pyridine rings is 3. The molecule has 34 heavy (non-hydrogen) atoms. The van der Waals surface area contributed by atoms with Crippen LogP contribution in [-0.2, 0) is 19.8 Å². The van der Waals surface area contributed by atoms with Crippen molar-refractivity contribution in [3.63, 3.8) is 0 Å². The van der Waals surface area contributed by atoms with Crippen LogP contribution >= 0.6 is 11.6 Å². The van der Waals surface area contributed by atoms with Crippen molar-refractivity contribution >= 4 is 28.3 Å². The number of fused-ring (bicyclic) bond motifs is 1.